The molecule has 2 aromatic heterocycles. The lowest BCUT2D eigenvalue weighted by molar-refractivity contribution is 0.00792. The maximum Gasteiger partial charge on any atom is 0.410 e. The van der Waals surface area contributed by atoms with Crippen LogP contribution in [-0.4, -0.2) is 72.3 Å². The van der Waals surface area contributed by atoms with Crippen molar-refractivity contribution in [3.63, 3.8) is 0 Å². The molecule has 0 bridgehead atoms. The van der Waals surface area contributed by atoms with Crippen LogP contribution in [-0.2, 0) is 14.3 Å². The Morgan fingerprint density at radius 2 is 1.84 bits per heavy atom. The second kappa shape index (κ2) is 9.74. The number of pyridine rings is 1. The second-order valence-corrected chi connectivity index (χ2v) is 11.3. The summed E-state index contributed by atoms with van der Waals surface area (Å²) in [4.78, 5) is 45.3. The van der Waals surface area contributed by atoms with Crippen LogP contribution in [0.25, 0.3) is 5.82 Å². The van der Waals surface area contributed by atoms with Crippen molar-refractivity contribution in [1.82, 2.24) is 29.9 Å². The molecule has 2 saturated heterocycles. The van der Waals surface area contributed by atoms with Crippen LogP contribution >= 0.6 is 0 Å². The highest BCUT2D eigenvalue weighted by atomic mass is 19.1. The van der Waals surface area contributed by atoms with Crippen molar-refractivity contribution in [2.45, 2.75) is 77.1 Å². The number of halogens is 1. The van der Waals surface area contributed by atoms with E-state index in [1.807, 2.05) is 58.5 Å². The molecule has 1 spiro atoms. The molecule has 0 radical (unpaired) electrons. The average molecular weight is 525 g/mol. The fraction of sp³-hybridized carbons (Fsp3) is 0.519. The zero-order valence-corrected chi connectivity index (χ0v) is 22.5. The number of piperazine rings is 1. The Morgan fingerprint density at radius 3 is 2.34 bits per heavy atom. The summed E-state index contributed by atoms with van der Waals surface area (Å²) < 4.78 is 20.2. The van der Waals surface area contributed by atoms with Gasteiger partial charge in [-0.1, -0.05) is 6.07 Å². The van der Waals surface area contributed by atoms with Crippen molar-refractivity contribution in [2.24, 2.45) is 0 Å². The van der Waals surface area contributed by atoms with Crippen LogP contribution in [0, 0.1) is 5.82 Å². The summed E-state index contributed by atoms with van der Waals surface area (Å²) in [6.45, 7) is 11.7. The van der Waals surface area contributed by atoms with Crippen molar-refractivity contribution in [3.8, 4) is 5.82 Å². The SMILES string of the molecule is C[C@@H](c1ccc(-n2cc(F)cn2)nc1)N1C(=C=O)C2(CCN(C(=O)OC(C)(C)C)CC2)NC(=C=O)C1(C)C. The molecule has 2 aromatic rings. The number of nitrogens with zero attached hydrogens (tertiary/aromatic N) is 5. The van der Waals surface area contributed by atoms with E-state index in [1.54, 1.807) is 17.2 Å². The van der Waals surface area contributed by atoms with Crippen molar-refractivity contribution in [1.29, 1.82) is 0 Å². The Bertz CT molecular complexity index is 1310. The van der Waals surface area contributed by atoms with Gasteiger partial charge >= 0.3 is 6.09 Å². The smallest absolute Gasteiger partial charge is 0.410 e. The molecule has 1 atom stereocenters. The van der Waals surface area contributed by atoms with Crippen molar-refractivity contribution in [2.75, 3.05) is 13.1 Å². The molecule has 1 amide bonds. The van der Waals surface area contributed by atoms with Crippen LogP contribution in [0.15, 0.2) is 42.1 Å². The van der Waals surface area contributed by atoms with Gasteiger partial charge in [0.25, 0.3) is 0 Å². The third-order valence-corrected chi connectivity index (χ3v) is 7.17. The molecule has 11 heteroatoms. The quantitative estimate of drug-likeness (QED) is 0.609. The number of hydrogen-bond donors (Lipinski definition) is 1. The Kier molecular flexibility index (Phi) is 6.95. The number of nitrogens with one attached hydrogen (secondary N) is 1. The van der Waals surface area contributed by atoms with E-state index in [1.165, 1.54) is 10.9 Å². The van der Waals surface area contributed by atoms with Gasteiger partial charge in [0.2, 0.25) is 0 Å². The zero-order valence-electron chi connectivity index (χ0n) is 22.5. The Morgan fingerprint density at radius 1 is 1.16 bits per heavy atom. The maximum atomic E-state index is 13.4. The predicted octanol–water partition coefficient (Wildman–Crippen LogP) is 3.35. The molecule has 2 aliphatic heterocycles. The standard InChI is InChI=1S/C27H33FN6O4/c1-18(19-7-8-23(29-13-19)33-15-20(28)14-30-33)34-22(17-36)27(31-21(16-35)26(34,5)6)9-11-32(12-10-27)24(37)38-25(2,3)4/h7-8,13-15,18,31H,9-12H2,1-6H3/t18-/m0/s1. The van der Waals surface area contributed by atoms with Crippen molar-refractivity contribution < 1.29 is 23.5 Å². The van der Waals surface area contributed by atoms with Crippen LogP contribution in [0.1, 0.15) is 66.0 Å². The predicted molar refractivity (Wildman–Crippen MR) is 137 cm³/mol. The molecule has 38 heavy (non-hydrogen) atoms. The maximum absolute atomic E-state index is 13.4. The van der Waals surface area contributed by atoms with Gasteiger partial charge in [-0.15, -0.1) is 0 Å². The molecule has 4 rings (SSSR count). The van der Waals surface area contributed by atoms with Crippen molar-refractivity contribution >= 4 is 18.0 Å². The number of carbonyl (C=O) groups is 1. The van der Waals surface area contributed by atoms with Gasteiger partial charge in [0.15, 0.2) is 11.6 Å². The second-order valence-electron chi connectivity index (χ2n) is 11.3. The van der Waals surface area contributed by atoms with E-state index >= 15 is 0 Å². The summed E-state index contributed by atoms with van der Waals surface area (Å²) in [7, 11) is 0. The highest BCUT2D eigenvalue weighted by Gasteiger charge is 2.54. The molecule has 2 fully saturated rings. The third kappa shape index (κ3) is 4.95. The van der Waals surface area contributed by atoms with Gasteiger partial charge < -0.3 is 19.9 Å². The van der Waals surface area contributed by atoms with E-state index < -0.39 is 28.6 Å². The van der Waals surface area contributed by atoms with Crippen LogP contribution in [0.5, 0.6) is 0 Å². The number of hydrogen-bond acceptors (Lipinski definition) is 8. The van der Waals surface area contributed by atoms with E-state index in [2.05, 4.69) is 21.3 Å². The lowest BCUT2D eigenvalue weighted by Crippen LogP contribution is -2.68. The summed E-state index contributed by atoms with van der Waals surface area (Å²) in [5.41, 5.74) is -0.985. The minimum Gasteiger partial charge on any atom is -0.444 e. The molecular weight excluding hydrogens is 491 g/mol. The van der Waals surface area contributed by atoms with E-state index in [0.29, 0.717) is 43.1 Å². The van der Waals surface area contributed by atoms with E-state index in [0.717, 1.165) is 11.8 Å². The summed E-state index contributed by atoms with van der Waals surface area (Å²) >= 11 is 0. The van der Waals surface area contributed by atoms with Crippen molar-refractivity contribution in [3.05, 3.63) is 53.5 Å². The summed E-state index contributed by atoms with van der Waals surface area (Å²) in [5.74, 6) is 4.18. The van der Waals surface area contributed by atoms with Gasteiger partial charge in [0, 0.05) is 19.3 Å². The Labute approximate surface area is 221 Å². The summed E-state index contributed by atoms with van der Waals surface area (Å²) in [6.07, 6.45) is 4.31. The molecule has 0 unspecified atom stereocenters. The van der Waals surface area contributed by atoms with Gasteiger partial charge in [-0.3, -0.25) is 0 Å². The zero-order chi connectivity index (χ0) is 27.9. The molecule has 2 aliphatic rings. The molecule has 10 nitrogen and oxygen atoms in total. The Hall–Kier alpha value is -3.94. The van der Waals surface area contributed by atoms with Crippen LogP contribution in [0.3, 0.4) is 0 Å². The first-order chi connectivity index (χ1) is 17.8. The monoisotopic (exact) mass is 524 g/mol. The lowest BCUT2D eigenvalue weighted by Gasteiger charge is -2.57. The van der Waals surface area contributed by atoms with Crippen LogP contribution in [0.4, 0.5) is 9.18 Å². The van der Waals surface area contributed by atoms with Gasteiger partial charge in [-0.2, -0.15) is 5.10 Å². The van der Waals surface area contributed by atoms with Gasteiger partial charge in [-0.25, -0.2) is 28.4 Å². The Balaban J connectivity index is 1.64. The molecule has 0 saturated carbocycles. The largest absolute Gasteiger partial charge is 0.444 e. The number of carbonyl (C=O) groups excluding carboxylic acids is 3. The van der Waals surface area contributed by atoms with Gasteiger partial charge in [0.05, 0.1) is 29.5 Å². The van der Waals surface area contributed by atoms with Gasteiger partial charge in [0.1, 0.15) is 28.9 Å². The number of aromatic nitrogens is 3. The number of piperidine rings is 1. The van der Waals surface area contributed by atoms with E-state index in [9.17, 15) is 18.8 Å². The first-order valence-electron chi connectivity index (χ1n) is 12.5. The topological polar surface area (TPSA) is 110 Å². The number of ether oxygens (including phenoxy) is 1. The summed E-state index contributed by atoms with van der Waals surface area (Å²) in [5, 5.41) is 7.23. The molecule has 4 heterocycles. The van der Waals surface area contributed by atoms with E-state index in [4.69, 9.17) is 4.74 Å². The summed E-state index contributed by atoms with van der Waals surface area (Å²) in [6, 6.07) is 3.15. The van der Waals surface area contributed by atoms with E-state index in [-0.39, 0.29) is 6.04 Å². The third-order valence-electron chi connectivity index (χ3n) is 7.17. The lowest BCUT2D eigenvalue weighted by atomic mass is 9.76. The minimum absolute atomic E-state index is 0.311. The van der Waals surface area contributed by atoms with Crippen LogP contribution < -0.4 is 5.32 Å². The number of likely N-dealkylation sites (tertiary alicyclic amines) is 1. The van der Waals surface area contributed by atoms with Crippen LogP contribution in [0.2, 0.25) is 0 Å². The average Bonchev–Trinajstić information content (AvgIpc) is 3.30. The molecular formula is C27H33FN6O4. The molecule has 202 valence electrons. The molecule has 1 N–H and O–H groups in total. The number of amides is 1. The van der Waals surface area contributed by atoms with Gasteiger partial charge in [-0.05, 0) is 66.0 Å². The highest BCUT2D eigenvalue weighted by Crippen LogP contribution is 2.46. The number of rotatable bonds is 3. The normalized spacial score (nSPS) is 19.4. The first kappa shape index (κ1) is 27.1. The highest BCUT2D eigenvalue weighted by molar-refractivity contribution is 5.69. The first-order valence-corrected chi connectivity index (χ1v) is 12.5. The molecule has 0 aromatic carbocycles. The molecule has 0 aliphatic carbocycles. The minimum atomic E-state index is -0.911. The fourth-order valence-corrected chi connectivity index (χ4v) is 5.17. The fourth-order valence-electron chi connectivity index (χ4n) is 5.17.